The summed E-state index contributed by atoms with van der Waals surface area (Å²) in [4.78, 5) is 15.7. The molecule has 7 nitrogen and oxygen atoms in total. The molecule has 184 valence electrons. The van der Waals surface area contributed by atoms with E-state index in [0.29, 0.717) is 37.4 Å². The van der Waals surface area contributed by atoms with Gasteiger partial charge in [0.15, 0.2) is 0 Å². The molecule has 2 aliphatic rings. The van der Waals surface area contributed by atoms with Crippen LogP contribution >= 0.6 is 0 Å². The van der Waals surface area contributed by atoms with Crippen molar-refractivity contribution >= 4 is 15.9 Å². The maximum absolute atomic E-state index is 13.5. The summed E-state index contributed by atoms with van der Waals surface area (Å²) < 4.78 is 34.3. The van der Waals surface area contributed by atoms with Crippen LogP contribution in [0.25, 0.3) is 0 Å². The van der Waals surface area contributed by atoms with Gasteiger partial charge < -0.3 is 10.1 Å². The molecule has 0 aliphatic carbocycles. The molecule has 0 radical (unpaired) electrons. The van der Waals surface area contributed by atoms with E-state index in [1.165, 1.54) is 9.87 Å². The first-order valence-corrected chi connectivity index (χ1v) is 13.4. The van der Waals surface area contributed by atoms with Gasteiger partial charge in [-0.25, -0.2) is 8.42 Å². The van der Waals surface area contributed by atoms with Crippen molar-refractivity contribution in [3.05, 3.63) is 64.7 Å². The van der Waals surface area contributed by atoms with E-state index in [-0.39, 0.29) is 12.0 Å². The van der Waals surface area contributed by atoms with Gasteiger partial charge in [-0.3, -0.25) is 9.69 Å². The van der Waals surface area contributed by atoms with Crippen molar-refractivity contribution in [2.45, 2.75) is 57.2 Å². The molecule has 4 rings (SSSR count). The van der Waals surface area contributed by atoms with E-state index in [0.717, 1.165) is 36.3 Å². The number of aryl methyl sites for hydroxylation is 3. The summed E-state index contributed by atoms with van der Waals surface area (Å²) in [5.74, 6) is -0.243. The molecule has 0 bridgehead atoms. The summed E-state index contributed by atoms with van der Waals surface area (Å²) in [5, 5.41) is 2.97. The lowest BCUT2D eigenvalue weighted by Crippen LogP contribution is -2.51. The minimum Gasteiger partial charge on any atom is -0.374 e. The second kappa shape index (κ2) is 10.6. The topological polar surface area (TPSA) is 79.0 Å². The molecule has 1 N–H and O–H groups in total. The highest BCUT2D eigenvalue weighted by atomic mass is 32.2. The van der Waals surface area contributed by atoms with Gasteiger partial charge >= 0.3 is 0 Å². The number of nitrogens with zero attached hydrogens (tertiary/aromatic N) is 2. The largest absolute Gasteiger partial charge is 0.374 e. The quantitative estimate of drug-likeness (QED) is 0.653. The minimum absolute atomic E-state index is 0.116. The number of carbonyl (C=O) groups excluding carboxylic acids is 1. The number of carbonyl (C=O) groups is 1. The third-order valence-electron chi connectivity index (χ3n) is 6.65. The van der Waals surface area contributed by atoms with Crippen LogP contribution in [0, 0.1) is 20.8 Å². The predicted octanol–water partition coefficient (Wildman–Crippen LogP) is 2.78. The summed E-state index contributed by atoms with van der Waals surface area (Å²) in [6.07, 6.45) is 1.08. The highest BCUT2D eigenvalue weighted by Gasteiger charge is 2.40. The molecule has 0 spiro atoms. The van der Waals surface area contributed by atoms with Crippen LogP contribution in [0.2, 0.25) is 0 Å². The normalized spacial score (nSPS) is 22.1. The van der Waals surface area contributed by atoms with Gasteiger partial charge in [0.05, 0.1) is 17.6 Å². The SMILES string of the molecule is Cc1cc(C)c(S(=O)(=O)N2CCCC2C(=O)NCC2CN(Cc3ccccc3)CCO2)c(C)c1. The van der Waals surface area contributed by atoms with Crippen molar-refractivity contribution in [3.63, 3.8) is 0 Å². The third kappa shape index (κ3) is 5.51. The maximum Gasteiger partial charge on any atom is 0.244 e. The fourth-order valence-corrected chi connectivity index (χ4v) is 7.27. The Kier molecular flexibility index (Phi) is 7.72. The van der Waals surface area contributed by atoms with E-state index < -0.39 is 16.1 Å². The molecule has 34 heavy (non-hydrogen) atoms. The molecule has 2 aromatic carbocycles. The van der Waals surface area contributed by atoms with Crippen LogP contribution in [-0.4, -0.2) is 68.5 Å². The second-order valence-electron chi connectivity index (χ2n) is 9.46. The van der Waals surface area contributed by atoms with E-state index in [1.54, 1.807) is 0 Å². The molecular weight excluding hydrogens is 450 g/mol. The zero-order chi connectivity index (χ0) is 24.3. The highest BCUT2D eigenvalue weighted by molar-refractivity contribution is 7.89. The number of hydrogen-bond acceptors (Lipinski definition) is 5. The Morgan fingerprint density at radius 2 is 1.79 bits per heavy atom. The average Bonchev–Trinajstić information content (AvgIpc) is 3.29. The number of nitrogens with one attached hydrogen (secondary N) is 1. The van der Waals surface area contributed by atoms with E-state index in [9.17, 15) is 13.2 Å². The van der Waals surface area contributed by atoms with Crippen LogP contribution in [-0.2, 0) is 26.1 Å². The van der Waals surface area contributed by atoms with Gasteiger partial charge in [0.1, 0.15) is 6.04 Å². The van der Waals surface area contributed by atoms with Crippen LogP contribution in [0.1, 0.15) is 35.1 Å². The first kappa shape index (κ1) is 24.9. The van der Waals surface area contributed by atoms with Crippen LogP contribution in [0.15, 0.2) is 47.4 Å². The molecule has 2 aliphatic heterocycles. The molecule has 2 atom stereocenters. The smallest absolute Gasteiger partial charge is 0.244 e. The Balaban J connectivity index is 1.38. The van der Waals surface area contributed by atoms with Crippen molar-refractivity contribution in [1.82, 2.24) is 14.5 Å². The van der Waals surface area contributed by atoms with E-state index in [2.05, 4.69) is 22.3 Å². The number of benzene rings is 2. The molecule has 2 unspecified atom stereocenters. The van der Waals surface area contributed by atoms with Crippen LogP contribution in [0.3, 0.4) is 0 Å². The Labute approximate surface area is 203 Å². The molecule has 1 amide bonds. The lowest BCUT2D eigenvalue weighted by molar-refractivity contribution is -0.125. The molecule has 8 heteroatoms. The third-order valence-corrected chi connectivity index (χ3v) is 8.87. The number of hydrogen-bond donors (Lipinski definition) is 1. The van der Waals surface area contributed by atoms with Gasteiger partial charge in [-0.15, -0.1) is 0 Å². The lowest BCUT2D eigenvalue weighted by Gasteiger charge is -2.33. The van der Waals surface area contributed by atoms with E-state index in [4.69, 9.17) is 4.74 Å². The van der Waals surface area contributed by atoms with Gasteiger partial charge in [-0.1, -0.05) is 48.0 Å². The molecule has 2 saturated heterocycles. The van der Waals surface area contributed by atoms with Crippen LogP contribution in [0.5, 0.6) is 0 Å². The standard InChI is InChI=1S/C26H35N3O4S/c1-19-14-20(2)25(21(3)15-19)34(31,32)29-11-7-10-24(29)26(30)27-16-23-18-28(12-13-33-23)17-22-8-5-4-6-9-22/h4-6,8-9,14-15,23-24H,7,10-13,16-18H2,1-3H3,(H,27,30). The number of sulfonamides is 1. The summed E-state index contributed by atoms with van der Waals surface area (Å²) in [6, 6.07) is 13.4. The zero-order valence-electron chi connectivity index (χ0n) is 20.3. The highest BCUT2D eigenvalue weighted by Crippen LogP contribution is 2.30. The Bertz CT molecular complexity index is 1100. The fraction of sp³-hybridized carbons (Fsp3) is 0.500. The Morgan fingerprint density at radius 1 is 1.09 bits per heavy atom. The lowest BCUT2D eigenvalue weighted by atomic mass is 10.1. The van der Waals surface area contributed by atoms with Gasteiger partial charge in [0, 0.05) is 32.7 Å². The number of amides is 1. The van der Waals surface area contributed by atoms with Crippen LogP contribution in [0.4, 0.5) is 0 Å². The molecule has 2 fully saturated rings. The van der Waals surface area contributed by atoms with Gasteiger partial charge in [0.2, 0.25) is 15.9 Å². The molecule has 0 aromatic heterocycles. The monoisotopic (exact) mass is 485 g/mol. The van der Waals surface area contributed by atoms with Crippen molar-refractivity contribution in [2.75, 3.05) is 32.8 Å². The zero-order valence-corrected chi connectivity index (χ0v) is 21.1. The maximum atomic E-state index is 13.5. The average molecular weight is 486 g/mol. The Hall–Kier alpha value is -2.26. The predicted molar refractivity (Wildman–Crippen MR) is 132 cm³/mol. The number of rotatable bonds is 7. The van der Waals surface area contributed by atoms with Gasteiger partial charge in [-0.2, -0.15) is 4.31 Å². The summed E-state index contributed by atoms with van der Waals surface area (Å²) in [6.45, 7) is 9.36. The number of morpholine rings is 1. The first-order chi connectivity index (χ1) is 16.3. The molecule has 0 saturated carbocycles. The Morgan fingerprint density at radius 3 is 2.50 bits per heavy atom. The second-order valence-corrected chi connectivity index (χ2v) is 11.3. The molecular formula is C26H35N3O4S. The van der Waals surface area contributed by atoms with E-state index in [1.807, 2.05) is 51.1 Å². The van der Waals surface area contributed by atoms with Crippen molar-refractivity contribution in [1.29, 1.82) is 0 Å². The molecule has 2 aromatic rings. The van der Waals surface area contributed by atoms with Crippen molar-refractivity contribution in [3.8, 4) is 0 Å². The fourth-order valence-electron chi connectivity index (χ4n) is 5.20. The van der Waals surface area contributed by atoms with Gasteiger partial charge in [-0.05, 0) is 50.3 Å². The summed E-state index contributed by atoms with van der Waals surface area (Å²) in [5.41, 5.74) is 3.72. The van der Waals surface area contributed by atoms with Crippen molar-refractivity contribution < 1.29 is 17.9 Å². The first-order valence-electron chi connectivity index (χ1n) is 12.0. The molecule has 2 heterocycles. The van der Waals surface area contributed by atoms with Crippen molar-refractivity contribution in [2.24, 2.45) is 0 Å². The number of ether oxygens (including phenoxy) is 1. The summed E-state index contributed by atoms with van der Waals surface area (Å²) >= 11 is 0. The van der Waals surface area contributed by atoms with Gasteiger partial charge in [0.25, 0.3) is 0 Å². The van der Waals surface area contributed by atoms with E-state index >= 15 is 0 Å². The van der Waals surface area contributed by atoms with Crippen LogP contribution < -0.4 is 5.32 Å². The summed E-state index contributed by atoms with van der Waals surface area (Å²) in [7, 11) is -3.76. The minimum atomic E-state index is -3.76.